The highest BCUT2D eigenvalue weighted by atomic mass is 16.6. The topological polar surface area (TPSA) is 98.9 Å². The van der Waals surface area contributed by atoms with Crippen LogP contribution in [0, 0.1) is 11.3 Å². The first-order valence-corrected chi connectivity index (χ1v) is 8.43. The molecule has 1 amide bonds. The number of aromatic nitrogens is 1. The molecule has 1 aromatic heterocycles. The maximum Gasteiger partial charge on any atom is 0.225 e. The van der Waals surface area contributed by atoms with Gasteiger partial charge in [-0.15, -0.1) is 0 Å². The lowest BCUT2D eigenvalue weighted by Gasteiger charge is -2.35. The number of hydrogen-bond donors (Lipinski definition) is 1. The van der Waals surface area contributed by atoms with Gasteiger partial charge in [-0.1, -0.05) is 0 Å². The number of piperazine rings is 1. The molecule has 0 radical (unpaired) electrons. The largest absolute Gasteiger partial charge is 0.388 e. The second kappa shape index (κ2) is 8.25. The fourth-order valence-corrected chi connectivity index (χ4v) is 2.96. The Hall–Kier alpha value is -2.21. The van der Waals surface area contributed by atoms with E-state index in [-0.39, 0.29) is 12.0 Å². The number of hydrogen-bond acceptors (Lipinski definition) is 7. The van der Waals surface area contributed by atoms with Gasteiger partial charge in [0.05, 0.1) is 31.8 Å². The predicted octanol–water partition coefficient (Wildman–Crippen LogP) is -0.232. The second-order valence-corrected chi connectivity index (χ2v) is 6.15. The van der Waals surface area contributed by atoms with E-state index in [9.17, 15) is 9.90 Å². The Morgan fingerprint density at radius 1 is 1.36 bits per heavy atom. The van der Waals surface area contributed by atoms with Crippen LogP contribution < -0.4 is 4.90 Å². The van der Waals surface area contributed by atoms with Crippen LogP contribution >= 0.6 is 0 Å². The summed E-state index contributed by atoms with van der Waals surface area (Å²) in [7, 11) is 0. The number of carbonyl (C=O) groups excluding carboxylic acids is 1. The minimum absolute atomic E-state index is 0.0563. The Balaban J connectivity index is 1.40. The summed E-state index contributed by atoms with van der Waals surface area (Å²) < 4.78 is 10.6. The minimum atomic E-state index is -0.599. The Labute approximate surface area is 146 Å². The molecule has 0 aromatic carbocycles. The molecular weight excluding hydrogens is 324 g/mol. The molecule has 2 saturated heterocycles. The van der Waals surface area contributed by atoms with Gasteiger partial charge in [0.25, 0.3) is 0 Å². The van der Waals surface area contributed by atoms with Crippen molar-refractivity contribution in [3.8, 4) is 6.07 Å². The van der Waals surface area contributed by atoms with Crippen LogP contribution in [0.4, 0.5) is 5.82 Å². The Kier molecular flexibility index (Phi) is 5.81. The maximum atomic E-state index is 12.3. The van der Waals surface area contributed by atoms with Crippen LogP contribution in [0.15, 0.2) is 18.3 Å². The quantitative estimate of drug-likeness (QED) is 0.786. The molecule has 1 N–H and O–H groups in total. The van der Waals surface area contributed by atoms with Crippen molar-refractivity contribution in [2.75, 3.05) is 50.9 Å². The van der Waals surface area contributed by atoms with Gasteiger partial charge in [0.15, 0.2) is 0 Å². The SMILES string of the molecule is N#Cc1ccc(N2CCN(C(=O)CCO[C@@H]3COC[C@@H]3O)CC2)nc1. The van der Waals surface area contributed by atoms with Gasteiger partial charge < -0.3 is 24.4 Å². The summed E-state index contributed by atoms with van der Waals surface area (Å²) >= 11 is 0. The number of aliphatic hydroxyl groups is 1. The smallest absolute Gasteiger partial charge is 0.225 e. The molecule has 3 rings (SSSR count). The highest BCUT2D eigenvalue weighted by molar-refractivity contribution is 5.76. The molecule has 1 aromatic rings. The van der Waals surface area contributed by atoms with E-state index >= 15 is 0 Å². The zero-order chi connectivity index (χ0) is 17.6. The molecule has 2 aliphatic rings. The maximum absolute atomic E-state index is 12.3. The van der Waals surface area contributed by atoms with Gasteiger partial charge >= 0.3 is 0 Å². The number of anilines is 1. The summed E-state index contributed by atoms with van der Waals surface area (Å²) in [5.74, 6) is 0.880. The van der Waals surface area contributed by atoms with E-state index in [1.54, 1.807) is 12.3 Å². The average molecular weight is 346 g/mol. The van der Waals surface area contributed by atoms with Crippen LogP contribution in [0.2, 0.25) is 0 Å². The van der Waals surface area contributed by atoms with Gasteiger partial charge in [-0.3, -0.25) is 4.79 Å². The van der Waals surface area contributed by atoms with E-state index in [2.05, 4.69) is 16.0 Å². The predicted molar refractivity (Wildman–Crippen MR) is 88.9 cm³/mol. The number of nitrogens with zero attached hydrogens (tertiary/aromatic N) is 4. The van der Waals surface area contributed by atoms with Crippen molar-refractivity contribution < 1.29 is 19.4 Å². The van der Waals surface area contributed by atoms with Gasteiger partial charge in [0, 0.05) is 32.4 Å². The van der Waals surface area contributed by atoms with Crippen molar-refractivity contribution in [2.45, 2.75) is 18.6 Å². The highest BCUT2D eigenvalue weighted by Crippen LogP contribution is 2.15. The van der Waals surface area contributed by atoms with E-state index in [1.165, 1.54) is 0 Å². The molecule has 8 nitrogen and oxygen atoms in total. The molecule has 2 atom stereocenters. The summed E-state index contributed by atoms with van der Waals surface area (Å²) in [6, 6.07) is 5.63. The number of carbonyl (C=O) groups is 1. The second-order valence-electron chi connectivity index (χ2n) is 6.15. The lowest BCUT2D eigenvalue weighted by Crippen LogP contribution is -2.49. The molecule has 2 aliphatic heterocycles. The van der Waals surface area contributed by atoms with E-state index in [1.807, 2.05) is 11.0 Å². The minimum Gasteiger partial charge on any atom is -0.388 e. The molecule has 0 bridgehead atoms. The van der Waals surface area contributed by atoms with Crippen molar-refractivity contribution in [2.24, 2.45) is 0 Å². The van der Waals surface area contributed by atoms with Gasteiger partial charge in [-0.05, 0) is 12.1 Å². The number of ether oxygens (including phenoxy) is 2. The number of nitriles is 1. The molecule has 0 spiro atoms. The molecule has 25 heavy (non-hydrogen) atoms. The fourth-order valence-electron chi connectivity index (χ4n) is 2.96. The number of pyridine rings is 1. The van der Waals surface area contributed by atoms with Crippen molar-refractivity contribution in [1.82, 2.24) is 9.88 Å². The van der Waals surface area contributed by atoms with Crippen LogP contribution in [-0.2, 0) is 14.3 Å². The molecule has 0 aliphatic carbocycles. The lowest BCUT2D eigenvalue weighted by atomic mass is 10.2. The summed E-state index contributed by atoms with van der Waals surface area (Å²) in [4.78, 5) is 20.5. The van der Waals surface area contributed by atoms with Crippen LogP contribution in [0.5, 0.6) is 0 Å². The first-order valence-electron chi connectivity index (χ1n) is 8.43. The Bertz CT molecular complexity index is 623. The third kappa shape index (κ3) is 4.45. The normalized spacial score (nSPS) is 23.5. The standard InChI is InChI=1S/C17H22N4O4/c18-9-13-1-2-16(19-10-13)20-4-6-21(7-5-20)17(23)3-8-25-15-12-24-11-14(15)22/h1-2,10,14-15,22H,3-8,11-12H2/t14-,15+/m0/s1. The summed E-state index contributed by atoms with van der Waals surface area (Å²) in [5.41, 5.74) is 0.537. The lowest BCUT2D eigenvalue weighted by molar-refractivity contribution is -0.133. The summed E-state index contributed by atoms with van der Waals surface area (Å²) in [5, 5.41) is 18.4. The van der Waals surface area contributed by atoms with Crippen molar-refractivity contribution in [3.63, 3.8) is 0 Å². The van der Waals surface area contributed by atoms with Gasteiger partial charge in [-0.25, -0.2) is 4.98 Å². The van der Waals surface area contributed by atoms with Crippen LogP contribution in [0.3, 0.4) is 0 Å². The van der Waals surface area contributed by atoms with Gasteiger partial charge in [-0.2, -0.15) is 5.26 Å². The van der Waals surface area contributed by atoms with Gasteiger partial charge in [0.1, 0.15) is 24.1 Å². The van der Waals surface area contributed by atoms with E-state index in [0.717, 1.165) is 5.82 Å². The third-order valence-corrected chi connectivity index (χ3v) is 4.48. The van der Waals surface area contributed by atoms with E-state index < -0.39 is 6.10 Å². The first-order chi connectivity index (χ1) is 12.2. The zero-order valence-electron chi connectivity index (χ0n) is 14.0. The molecule has 0 unspecified atom stereocenters. The average Bonchev–Trinajstić information content (AvgIpc) is 3.07. The highest BCUT2D eigenvalue weighted by Gasteiger charge is 2.27. The molecule has 8 heteroatoms. The van der Waals surface area contributed by atoms with Crippen molar-refractivity contribution in [3.05, 3.63) is 23.9 Å². The van der Waals surface area contributed by atoms with Crippen molar-refractivity contribution >= 4 is 11.7 Å². The van der Waals surface area contributed by atoms with Crippen molar-refractivity contribution in [1.29, 1.82) is 5.26 Å². The van der Waals surface area contributed by atoms with E-state index in [4.69, 9.17) is 14.7 Å². The Morgan fingerprint density at radius 3 is 2.76 bits per heavy atom. The fraction of sp³-hybridized carbons (Fsp3) is 0.588. The number of amides is 1. The monoisotopic (exact) mass is 346 g/mol. The van der Waals surface area contributed by atoms with E-state index in [0.29, 0.717) is 58.0 Å². The third-order valence-electron chi connectivity index (χ3n) is 4.48. The molecular formula is C17H22N4O4. The molecule has 134 valence electrons. The molecule has 2 fully saturated rings. The number of aliphatic hydroxyl groups excluding tert-OH is 1. The zero-order valence-corrected chi connectivity index (χ0v) is 14.0. The Morgan fingerprint density at radius 2 is 2.16 bits per heavy atom. The van der Waals surface area contributed by atoms with Crippen LogP contribution in [0.1, 0.15) is 12.0 Å². The number of rotatable bonds is 5. The van der Waals surface area contributed by atoms with Crippen LogP contribution in [-0.4, -0.2) is 79.1 Å². The molecule has 0 saturated carbocycles. The van der Waals surface area contributed by atoms with Gasteiger partial charge in [0.2, 0.25) is 5.91 Å². The summed E-state index contributed by atoms with van der Waals surface area (Å²) in [6.07, 6.45) is 0.939. The first kappa shape index (κ1) is 17.6. The van der Waals surface area contributed by atoms with Crippen LogP contribution in [0.25, 0.3) is 0 Å². The molecule has 3 heterocycles. The summed E-state index contributed by atoms with van der Waals surface area (Å²) in [6.45, 7) is 3.66.